The summed E-state index contributed by atoms with van der Waals surface area (Å²) in [6, 6.07) is 11.9. The maximum Gasteiger partial charge on any atom is 0.306 e. The van der Waals surface area contributed by atoms with Gasteiger partial charge in [-0.2, -0.15) is 0 Å². The third-order valence-electron chi connectivity index (χ3n) is 4.13. The number of hydrogen-bond acceptors (Lipinski definition) is 5. The fourth-order valence-electron chi connectivity index (χ4n) is 2.54. The molecule has 0 saturated heterocycles. The second-order valence-corrected chi connectivity index (χ2v) is 7.06. The van der Waals surface area contributed by atoms with Gasteiger partial charge in [0.25, 0.3) is 5.91 Å². The van der Waals surface area contributed by atoms with Crippen molar-refractivity contribution in [3.8, 4) is 5.75 Å². The molecule has 0 aliphatic heterocycles. The highest BCUT2D eigenvalue weighted by Gasteiger charge is 2.18. The minimum absolute atomic E-state index is 0.100. The zero-order chi connectivity index (χ0) is 21.4. The number of halogens is 1. The van der Waals surface area contributed by atoms with Gasteiger partial charge in [-0.25, -0.2) is 0 Å². The number of hydrogen-bond donors (Lipinski definition) is 1. The lowest BCUT2D eigenvalue weighted by Gasteiger charge is -2.14. The summed E-state index contributed by atoms with van der Waals surface area (Å²) in [6.07, 6.45) is -0.372. The Morgan fingerprint density at radius 3 is 2.59 bits per heavy atom. The van der Waals surface area contributed by atoms with Gasteiger partial charge in [0.15, 0.2) is 11.9 Å². The number of esters is 1. The third-order valence-corrected chi connectivity index (χ3v) is 4.37. The highest BCUT2D eigenvalue weighted by molar-refractivity contribution is 6.30. The number of aryl methyl sites for hydroxylation is 1. The van der Waals surface area contributed by atoms with Gasteiger partial charge in [-0.1, -0.05) is 23.7 Å². The molecule has 0 heterocycles. The molecule has 1 atom stereocenters. The number of Topliss-reactive ketones (excluding diaryl/α,β-unsaturated/α-hetero) is 1. The summed E-state index contributed by atoms with van der Waals surface area (Å²) in [7, 11) is 0. The van der Waals surface area contributed by atoms with Crippen molar-refractivity contribution in [2.24, 2.45) is 0 Å². The van der Waals surface area contributed by atoms with Crippen LogP contribution in [0, 0.1) is 6.92 Å². The Labute approximate surface area is 175 Å². The van der Waals surface area contributed by atoms with Gasteiger partial charge in [0, 0.05) is 22.7 Å². The van der Waals surface area contributed by atoms with Crippen molar-refractivity contribution in [1.29, 1.82) is 0 Å². The van der Waals surface area contributed by atoms with Gasteiger partial charge in [0.2, 0.25) is 0 Å². The number of benzene rings is 2. The van der Waals surface area contributed by atoms with Gasteiger partial charge in [-0.3, -0.25) is 14.4 Å². The molecule has 0 unspecified atom stereocenters. The minimum Gasteiger partial charge on any atom is -0.493 e. The van der Waals surface area contributed by atoms with Crippen LogP contribution in [0.5, 0.6) is 5.75 Å². The van der Waals surface area contributed by atoms with Crippen LogP contribution in [0.4, 0.5) is 5.69 Å². The van der Waals surface area contributed by atoms with Crippen LogP contribution in [0.25, 0.3) is 0 Å². The quantitative estimate of drug-likeness (QED) is 0.367. The number of anilines is 1. The first-order valence-corrected chi connectivity index (χ1v) is 9.64. The molecule has 1 amide bonds. The van der Waals surface area contributed by atoms with E-state index < -0.39 is 18.0 Å². The van der Waals surface area contributed by atoms with Crippen molar-refractivity contribution >= 4 is 34.9 Å². The number of carbonyl (C=O) groups is 3. The van der Waals surface area contributed by atoms with Crippen LogP contribution in [-0.4, -0.2) is 30.4 Å². The molecule has 0 spiro atoms. The van der Waals surface area contributed by atoms with Crippen molar-refractivity contribution in [1.82, 2.24) is 0 Å². The van der Waals surface area contributed by atoms with Gasteiger partial charge in [0.1, 0.15) is 5.75 Å². The molecule has 0 aromatic heterocycles. The Balaban J connectivity index is 1.74. The van der Waals surface area contributed by atoms with Crippen LogP contribution in [0.3, 0.4) is 0 Å². The lowest BCUT2D eigenvalue weighted by molar-refractivity contribution is -0.153. The molecule has 0 saturated carbocycles. The van der Waals surface area contributed by atoms with Crippen LogP contribution in [0.2, 0.25) is 5.02 Å². The van der Waals surface area contributed by atoms with Crippen molar-refractivity contribution in [2.75, 3.05) is 11.9 Å². The van der Waals surface area contributed by atoms with E-state index in [2.05, 4.69) is 5.32 Å². The fourth-order valence-corrected chi connectivity index (χ4v) is 2.77. The Morgan fingerprint density at radius 1 is 1.14 bits per heavy atom. The van der Waals surface area contributed by atoms with E-state index in [9.17, 15) is 14.4 Å². The monoisotopic (exact) mass is 417 g/mol. The zero-order valence-corrected chi connectivity index (χ0v) is 17.4. The predicted molar refractivity (Wildman–Crippen MR) is 112 cm³/mol. The smallest absolute Gasteiger partial charge is 0.306 e. The second-order valence-electron chi connectivity index (χ2n) is 6.62. The molecular weight excluding hydrogens is 394 g/mol. The average Bonchev–Trinajstić information content (AvgIpc) is 2.66. The summed E-state index contributed by atoms with van der Waals surface area (Å²) >= 11 is 5.90. The van der Waals surface area contributed by atoms with E-state index in [1.807, 2.05) is 6.92 Å². The van der Waals surface area contributed by atoms with Crippen LogP contribution >= 0.6 is 11.6 Å². The van der Waals surface area contributed by atoms with Crippen LogP contribution < -0.4 is 10.1 Å². The molecule has 0 fully saturated rings. The third kappa shape index (κ3) is 7.23. The standard InChI is InChI=1S/C22H24ClNO5/c1-14-12-18(23)9-10-20(14)28-11-5-8-21(26)29-16(3)22(27)24-19-7-4-6-17(13-19)15(2)25/h4,6-7,9-10,12-13,16H,5,8,11H2,1-3H3,(H,24,27)/t16-/m0/s1. The molecule has 0 aliphatic rings. The van der Waals surface area contributed by atoms with E-state index in [1.54, 1.807) is 42.5 Å². The first-order valence-electron chi connectivity index (χ1n) is 9.26. The first kappa shape index (κ1) is 22.4. The highest BCUT2D eigenvalue weighted by Crippen LogP contribution is 2.22. The number of ether oxygens (including phenoxy) is 2. The van der Waals surface area contributed by atoms with E-state index in [0.29, 0.717) is 35.1 Å². The van der Waals surface area contributed by atoms with Gasteiger partial charge in [0.05, 0.1) is 6.61 Å². The summed E-state index contributed by atoms with van der Waals surface area (Å²) in [5.41, 5.74) is 1.87. The molecule has 0 aliphatic carbocycles. The van der Waals surface area contributed by atoms with Crippen LogP contribution in [-0.2, 0) is 14.3 Å². The lowest BCUT2D eigenvalue weighted by atomic mass is 10.1. The van der Waals surface area contributed by atoms with Gasteiger partial charge < -0.3 is 14.8 Å². The first-order chi connectivity index (χ1) is 13.8. The molecule has 29 heavy (non-hydrogen) atoms. The normalized spacial score (nSPS) is 11.4. The van der Waals surface area contributed by atoms with Gasteiger partial charge >= 0.3 is 5.97 Å². The Morgan fingerprint density at radius 2 is 1.90 bits per heavy atom. The van der Waals surface area contributed by atoms with Crippen molar-refractivity contribution in [3.63, 3.8) is 0 Å². The molecule has 2 aromatic rings. The van der Waals surface area contributed by atoms with Crippen molar-refractivity contribution in [3.05, 3.63) is 58.6 Å². The Hall–Kier alpha value is -2.86. The van der Waals surface area contributed by atoms with Crippen LogP contribution in [0.15, 0.2) is 42.5 Å². The van der Waals surface area contributed by atoms with E-state index in [0.717, 1.165) is 5.56 Å². The SMILES string of the molecule is CC(=O)c1cccc(NC(=O)[C@H](C)OC(=O)CCCOc2ccc(Cl)cc2C)c1. The largest absolute Gasteiger partial charge is 0.493 e. The van der Waals surface area contributed by atoms with E-state index in [-0.39, 0.29) is 12.2 Å². The molecule has 7 heteroatoms. The molecule has 2 rings (SSSR count). The molecule has 1 N–H and O–H groups in total. The van der Waals surface area contributed by atoms with Crippen molar-refractivity contribution in [2.45, 2.75) is 39.7 Å². The predicted octanol–water partition coefficient (Wildman–Crippen LogP) is 4.58. The molecule has 154 valence electrons. The Bertz CT molecular complexity index is 897. The molecule has 0 bridgehead atoms. The number of rotatable bonds is 9. The lowest BCUT2D eigenvalue weighted by Crippen LogP contribution is -2.30. The average molecular weight is 418 g/mol. The van der Waals surface area contributed by atoms with Gasteiger partial charge in [-0.05, 0) is 63.1 Å². The Kier molecular flexibility index (Phi) is 8.21. The number of nitrogens with one attached hydrogen (secondary N) is 1. The summed E-state index contributed by atoms with van der Waals surface area (Å²) in [5, 5.41) is 3.28. The summed E-state index contributed by atoms with van der Waals surface area (Å²) in [4.78, 5) is 35.6. The molecule has 6 nitrogen and oxygen atoms in total. The minimum atomic E-state index is -0.956. The van der Waals surface area contributed by atoms with Crippen molar-refractivity contribution < 1.29 is 23.9 Å². The van der Waals surface area contributed by atoms with Gasteiger partial charge in [-0.15, -0.1) is 0 Å². The van der Waals surface area contributed by atoms with E-state index >= 15 is 0 Å². The highest BCUT2D eigenvalue weighted by atomic mass is 35.5. The maximum absolute atomic E-state index is 12.2. The summed E-state index contributed by atoms with van der Waals surface area (Å²) < 4.78 is 10.8. The molecule has 2 aromatic carbocycles. The fraction of sp³-hybridized carbons (Fsp3) is 0.318. The summed E-state index contributed by atoms with van der Waals surface area (Å²) in [6.45, 7) is 5.18. The van der Waals surface area contributed by atoms with E-state index in [4.69, 9.17) is 21.1 Å². The maximum atomic E-state index is 12.2. The molecule has 0 radical (unpaired) electrons. The number of amides is 1. The zero-order valence-electron chi connectivity index (χ0n) is 16.7. The van der Waals surface area contributed by atoms with Crippen LogP contribution in [0.1, 0.15) is 42.6 Å². The number of ketones is 1. The second kappa shape index (κ2) is 10.6. The number of carbonyl (C=O) groups excluding carboxylic acids is 3. The topological polar surface area (TPSA) is 81.7 Å². The van der Waals surface area contributed by atoms with E-state index in [1.165, 1.54) is 13.8 Å². The molecular formula is C22H24ClNO5. The summed E-state index contributed by atoms with van der Waals surface area (Å²) in [5.74, 6) is -0.339.